The standard InChI is InChI=1S/C13H24N6O/c1-10(19-7-5-4-6-8-19)9-15-12-16-11(14-2)17-13(18-12)20-3/h10H,4-9H2,1-3H3,(H2,14,15,16,17,18). The molecule has 2 N–H and O–H groups in total. The summed E-state index contributed by atoms with van der Waals surface area (Å²) in [6.07, 6.45) is 3.95. The van der Waals surface area contributed by atoms with Crippen molar-refractivity contribution in [2.24, 2.45) is 0 Å². The smallest absolute Gasteiger partial charge is 0.322 e. The molecule has 0 radical (unpaired) electrons. The Bertz CT molecular complexity index is 399. The molecule has 1 fully saturated rings. The fourth-order valence-electron chi connectivity index (χ4n) is 2.37. The van der Waals surface area contributed by atoms with E-state index in [0.717, 1.165) is 6.54 Å². The van der Waals surface area contributed by atoms with Gasteiger partial charge in [0.1, 0.15) is 0 Å². The average Bonchev–Trinajstić information content (AvgIpc) is 2.53. The van der Waals surface area contributed by atoms with Gasteiger partial charge in [-0.1, -0.05) is 6.42 Å². The SMILES string of the molecule is CNc1nc(NCC(C)N2CCCCC2)nc(OC)n1. The molecule has 1 aromatic rings. The van der Waals surface area contributed by atoms with E-state index in [1.807, 2.05) is 0 Å². The van der Waals surface area contributed by atoms with E-state index in [9.17, 15) is 0 Å². The summed E-state index contributed by atoms with van der Waals surface area (Å²) in [5.74, 6) is 1.05. The summed E-state index contributed by atoms with van der Waals surface area (Å²) in [4.78, 5) is 15.1. The van der Waals surface area contributed by atoms with Gasteiger partial charge in [-0.05, 0) is 32.9 Å². The van der Waals surface area contributed by atoms with Crippen LogP contribution in [0, 0.1) is 0 Å². The number of nitrogens with one attached hydrogen (secondary N) is 2. The molecule has 0 bridgehead atoms. The Balaban J connectivity index is 1.92. The number of nitrogens with zero attached hydrogens (tertiary/aromatic N) is 4. The molecule has 1 saturated heterocycles. The molecule has 0 saturated carbocycles. The van der Waals surface area contributed by atoms with Crippen molar-refractivity contribution in [1.29, 1.82) is 0 Å². The van der Waals surface area contributed by atoms with Gasteiger partial charge in [0.25, 0.3) is 0 Å². The number of rotatable bonds is 6. The normalized spacial score (nSPS) is 17.6. The first-order valence-corrected chi connectivity index (χ1v) is 7.18. The lowest BCUT2D eigenvalue weighted by atomic mass is 10.1. The van der Waals surface area contributed by atoms with Gasteiger partial charge >= 0.3 is 6.01 Å². The molecule has 0 spiro atoms. The van der Waals surface area contributed by atoms with Crippen molar-refractivity contribution in [3.05, 3.63) is 0 Å². The second-order valence-corrected chi connectivity index (χ2v) is 5.05. The number of hydrogen-bond acceptors (Lipinski definition) is 7. The average molecular weight is 280 g/mol. The van der Waals surface area contributed by atoms with Crippen LogP contribution in [0.25, 0.3) is 0 Å². The predicted molar refractivity (Wildman–Crippen MR) is 79.3 cm³/mol. The topological polar surface area (TPSA) is 75.2 Å². The molecule has 2 rings (SSSR count). The number of methoxy groups -OCH3 is 1. The quantitative estimate of drug-likeness (QED) is 0.811. The summed E-state index contributed by atoms with van der Waals surface area (Å²) in [7, 11) is 3.32. The van der Waals surface area contributed by atoms with Crippen LogP contribution in [0.2, 0.25) is 0 Å². The molecule has 1 aliphatic heterocycles. The lowest BCUT2D eigenvalue weighted by Gasteiger charge is -2.32. The largest absolute Gasteiger partial charge is 0.467 e. The molecule has 1 unspecified atom stereocenters. The lowest BCUT2D eigenvalue weighted by molar-refractivity contribution is 0.180. The van der Waals surface area contributed by atoms with Crippen LogP contribution in [0.1, 0.15) is 26.2 Å². The van der Waals surface area contributed by atoms with E-state index in [2.05, 4.69) is 37.4 Å². The highest BCUT2D eigenvalue weighted by Crippen LogP contribution is 2.13. The molecule has 1 aromatic heterocycles. The Kier molecular flexibility index (Phi) is 5.34. The van der Waals surface area contributed by atoms with Crippen LogP contribution in [0.3, 0.4) is 0 Å². The highest BCUT2D eigenvalue weighted by molar-refractivity contribution is 5.35. The van der Waals surface area contributed by atoms with Crippen LogP contribution >= 0.6 is 0 Å². The zero-order valence-corrected chi connectivity index (χ0v) is 12.5. The fourth-order valence-corrected chi connectivity index (χ4v) is 2.37. The summed E-state index contributed by atoms with van der Waals surface area (Å²) in [6, 6.07) is 0.786. The van der Waals surface area contributed by atoms with Crippen molar-refractivity contribution in [3.8, 4) is 6.01 Å². The predicted octanol–water partition coefficient (Wildman–Crippen LogP) is 1.21. The molecule has 0 aliphatic carbocycles. The molecule has 20 heavy (non-hydrogen) atoms. The van der Waals surface area contributed by atoms with Gasteiger partial charge < -0.3 is 15.4 Å². The van der Waals surface area contributed by atoms with E-state index in [-0.39, 0.29) is 0 Å². The number of aromatic nitrogens is 3. The van der Waals surface area contributed by atoms with Crippen molar-refractivity contribution in [1.82, 2.24) is 19.9 Å². The van der Waals surface area contributed by atoms with E-state index < -0.39 is 0 Å². The van der Waals surface area contributed by atoms with Crippen molar-refractivity contribution in [2.45, 2.75) is 32.2 Å². The molecular formula is C13H24N6O. The molecular weight excluding hydrogens is 256 g/mol. The Morgan fingerprint density at radius 3 is 2.50 bits per heavy atom. The van der Waals surface area contributed by atoms with E-state index in [1.54, 1.807) is 14.2 Å². The summed E-state index contributed by atoms with van der Waals surface area (Å²) in [5.41, 5.74) is 0. The minimum Gasteiger partial charge on any atom is -0.467 e. The van der Waals surface area contributed by atoms with Gasteiger partial charge in [0.05, 0.1) is 7.11 Å². The second kappa shape index (κ2) is 7.23. The van der Waals surface area contributed by atoms with Gasteiger partial charge in [-0.3, -0.25) is 4.90 Å². The van der Waals surface area contributed by atoms with E-state index in [4.69, 9.17) is 4.74 Å². The highest BCUT2D eigenvalue weighted by atomic mass is 16.5. The molecule has 0 aromatic carbocycles. The molecule has 1 atom stereocenters. The number of ether oxygens (including phenoxy) is 1. The fraction of sp³-hybridized carbons (Fsp3) is 0.769. The molecule has 7 heteroatoms. The monoisotopic (exact) mass is 280 g/mol. The van der Waals surface area contributed by atoms with Gasteiger partial charge in [-0.25, -0.2) is 0 Å². The van der Waals surface area contributed by atoms with Crippen LogP contribution in [0.15, 0.2) is 0 Å². The Morgan fingerprint density at radius 1 is 1.15 bits per heavy atom. The number of likely N-dealkylation sites (tertiary alicyclic amines) is 1. The second-order valence-electron chi connectivity index (χ2n) is 5.05. The van der Waals surface area contributed by atoms with Crippen molar-refractivity contribution in [3.63, 3.8) is 0 Å². The van der Waals surface area contributed by atoms with Gasteiger partial charge in [-0.2, -0.15) is 15.0 Å². The number of hydrogen-bond donors (Lipinski definition) is 2. The van der Waals surface area contributed by atoms with E-state index >= 15 is 0 Å². The van der Waals surface area contributed by atoms with Crippen LogP contribution < -0.4 is 15.4 Å². The third-order valence-electron chi connectivity index (χ3n) is 3.59. The zero-order chi connectivity index (χ0) is 14.4. The van der Waals surface area contributed by atoms with Crippen LogP contribution in [-0.2, 0) is 0 Å². The van der Waals surface area contributed by atoms with E-state index in [1.165, 1.54) is 32.4 Å². The Labute approximate surface area is 120 Å². The van der Waals surface area contributed by atoms with Gasteiger partial charge in [0.2, 0.25) is 11.9 Å². The minimum atomic E-state index is 0.317. The summed E-state index contributed by atoms with van der Waals surface area (Å²) >= 11 is 0. The van der Waals surface area contributed by atoms with Crippen LogP contribution in [0.5, 0.6) is 6.01 Å². The lowest BCUT2D eigenvalue weighted by Crippen LogP contribution is -2.41. The van der Waals surface area contributed by atoms with Crippen molar-refractivity contribution >= 4 is 11.9 Å². The first-order valence-electron chi connectivity index (χ1n) is 7.18. The molecule has 7 nitrogen and oxygen atoms in total. The summed E-state index contributed by atoms with van der Waals surface area (Å²) < 4.78 is 5.07. The molecule has 0 amide bonds. The zero-order valence-electron chi connectivity index (χ0n) is 12.5. The van der Waals surface area contributed by atoms with Crippen LogP contribution in [-0.4, -0.2) is 59.7 Å². The first-order chi connectivity index (χ1) is 9.72. The minimum absolute atomic E-state index is 0.317. The third kappa shape index (κ3) is 3.93. The number of piperidine rings is 1. The van der Waals surface area contributed by atoms with Gasteiger partial charge in [0, 0.05) is 19.6 Å². The van der Waals surface area contributed by atoms with Crippen LogP contribution in [0.4, 0.5) is 11.9 Å². The maximum atomic E-state index is 5.07. The number of anilines is 2. The summed E-state index contributed by atoms with van der Waals surface area (Å²) in [5, 5.41) is 6.17. The van der Waals surface area contributed by atoms with E-state index in [0.29, 0.717) is 23.9 Å². The summed E-state index contributed by atoms with van der Waals surface area (Å²) in [6.45, 7) is 5.42. The van der Waals surface area contributed by atoms with Gasteiger partial charge in [0.15, 0.2) is 0 Å². The highest BCUT2D eigenvalue weighted by Gasteiger charge is 2.16. The third-order valence-corrected chi connectivity index (χ3v) is 3.59. The Hall–Kier alpha value is -1.63. The molecule has 112 valence electrons. The molecule has 2 heterocycles. The maximum Gasteiger partial charge on any atom is 0.322 e. The van der Waals surface area contributed by atoms with Crippen molar-refractivity contribution < 1.29 is 4.74 Å². The van der Waals surface area contributed by atoms with Gasteiger partial charge in [-0.15, -0.1) is 0 Å². The van der Waals surface area contributed by atoms with Crippen molar-refractivity contribution in [2.75, 3.05) is 44.4 Å². The Morgan fingerprint density at radius 2 is 1.85 bits per heavy atom. The molecule has 1 aliphatic rings. The first kappa shape index (κ1) is 14.8. The maximum absolute atomic E-state index is 5.07.